The minimum atomic E-state index is -3.61. The van der Waals surface area contributed by atoms with Gasteiger partial charge in [0.15, 0.2) is 0 Å². The molecule has 1 aliphatic rings. The zero-order valence-electron chi connectivity index (χ0n) is 11.6. The summed E-state index contributed by atoms with van der Waals surface area (Å²) in [6.45, 7) is 0. The fraction of sp³-hybridized carbons (Fsp3) is 0.188. The van der Waals surface area contributed by atoms with Crippen LogP contribution in [0.25, 0.3) is 10.1 Å². The van der Waals surface area contributed by atoms with Crippen LogP contribution < -0.4 is 5.14 Å². The molecule has 112 valence electrons. The van der Waals surface area contributed by atoms with E-state index in [0.717, 1.165) is 6.42 Å². The number of sulfonamides is 1. The Labute approximate surface area is 132 Å². The topological polar surface area (TPSA) is 73.1 Å². The van der Waals surface area contributed by atoms with Gasteiger partial charge in [0, 0.05) is 23.2 Å². The first-order valence-electron chi connectivity index (χ1n) is 6.98. The molecule has 0 saturated heterocycles. The molecule has 2 aromatic heterocycles. The fourth-order valence-corrected chi connectivity index (χ4v) is 4.60. The van der Waals surface area contributed by atoms with Gasteiger partial charge in [0.1, 0.15) is 0 Å². The van der Waals surface area contributed by atoms with E-state index in [9.17, 15) is 8.42 Å². The molecule has 2 heterocycles. The summed E-state index contributed by atoms with van der Waals surface area (Å²) in [7, 11) is -3.61. The second kappa shape index (κ2) is 4.87. The number of primary sulfonamides is 1. The molecule has 4 rings (SSSR count). The minimum absolute atomic E-state index is 0.168. The number of hydrogen-bond donors (Lipinski definition) is 1. The van der Waals surface area contributed by atoms with E-state index in [4.69, 9.17) is 5.14 Å². The zero-order chi connectivity index (χ0) is 15.3. The number of hydrogen-bond acceptors (Lipinski definition) is 4. The van der Waals surface area contributed by atoms with Crippen molar-refractivity contribution in [2.24, 2.45) is 5.14 Å². The number of nitrogens with two attached hydrogens (primary N) is 1. The molecule has 6 heteroatoms. The van der Waals surface area contributed by atoms with E-state index in [0.29, 0.717) is 11.8 Å². The molecule has 0 amide bonds. The van der Waals surface area contributed by atoms with Crippen LogP contribution in [0.4, 0.5) is 0 Å². The highest BCUT2D eigenvalue weighted by atomic mass is 32.2. The predicted octanol–water partition coefficient (Wildman–Crippen LogP) is 3.21. The third kappa shape index (κ3) is 2.43. The smallest absolute Gasteiger partial charge is 0.238 e. The van der Waals surface area contributed by atoms with E-state index in [2.05, 4.69) is 11.1 Å². The van der Waals surface area contributed by atoms with Crippen molar-refractivity contribution in [1.29, 1.82) is 0 Å². The maximum Gasteiger partial charge on any atom is 0.238 e. The van der Waals surface area contributed by atoms with Crippen molar-refractivity contribution in [3.63, 3.8) is 0 Å². The molecule has 1 saturated carbocycles. The Balaban J connectivity index is 1.59. The highest BCUT2D eigenvalue weighted by Crippen LogP contribution is 2.56. The Hall–Kier alpha value is -1.76. The highest BCUT2D eigenvalue weighted by molar-refractivity contribution is 7.89. The van der Waals surface area contributed by atoms with Gasteiger partial charge in [-0.05, 0) is 47.6 Å². The van der Waals surface area contributed by atoms with E-state index in [1.807, 2.05) is 30.6 Å². The molecular weight excluding hydrogens is 316 g/mol. The van der Waals surface area contributed by atoms with Crippen LogP contribution in [0.5, 0.6) is 0 Å². The normalized spacial score (nSPS) is 21.1. The second-order valence-electron chi connectivity index (χ2n) is 5.63. The summed E-state index contributed by atoms with van der Waals surface area (Å²) in [5, 5.41) is 6.37. The lowest BCUT2D eigenvalue weighted by atomic mass is 10.1. The quantitative estimate of drug-likeness (QED) is 0.801. The summed E-state index contributed by atoms with van der Waals surface area (Å²) in [5.41, 5.74) is 1.17. The van der Waals surface area contributed by atoms with Gasteiger partial charge in [-0.3, -0.25) is 4.98 Å². The van der Waals surface area contributed by atoms with Crippen molar-refractivity contribution < 1.29 is 8.42 Å². The number of benzene rings is 1. The van der Waals surface area contributed by atoms with Gasteiger partial charge in [-0.2, -0.15) is 0 Å². The number of thiophene rings is 1. The highest BCUT2D eigenvalue weighted by Gasteiger charge is 2.40. The lowest BCUT2D eigenvalue weighted by Crippen LogP contribution is -2.11. The van der Waals surface area contributed by atoms with Crippen LogP contribution in [-0.2, 0) is 10.0 Å². The van der Waals surface area contributed by atoms with Gasteiger partial charge >= 0.3 is 0 Å². The maximum atomic E-state index is 11.3. The first-order valence-corrected chi connectivity index (χ1v) is 9.35. The molecule has 22 heavy (non-hydrogen) atoms. The standard InChI is InChI=1S/C16H14N2O2S2/c17-22(19,20)12-3-1-10(2-4-12)13-8-14(13)15-7-11-5-6-18-9-16(11)21-15/h1-7,9,13-14H,8H2,(H2,17,19,20). The van der Waals surface area contributed by atoms with Crippen molar-refractivity contribution in [3.8, 4) is 0 Å². The summed E-state index contributed by atoms with van der Waals surface area (Å²) in [4.78, 5) is 5.70. The van der Waals surface area contributed by atoms with Crippen molar-refractivity contribution in [2.75, 3.05) is 0 Å². The number of fused-ring (bicyclic) bond motifs is 1. The van der Waals surface area contributed by atoms with E-state index >= 15 is 0 Å². The molecule has 2 unspecified atom stereocenters. The first kappa shape index (κ1) is 13.9. The lowest BCUT2D eigenvalue weighted by molar-refractivity contribution is 0.598. The van der Waals surface area contributed by atoms with Crippen molar-refractivity contribution in [1.82, 2.24) is 4.98 Å². The molecular formula is C16H14N2O2S2. The number of aromatic nitrogens is 1. The molecule has 0 aliphatic heterocycles. The van der Waals surface area contributed by atoms with Crippen LogP contribution in [-0.4, -0.2) is 13.4 Å². The monoisotopic (exact) mass is 330 g/mol. The fourth-order valence-electron chi connectivity index (χ4n) is 2.87. The Bertz CT molecular complexity index is 913. The lowest BCUT2D eigenvalue weighted by Gasteiger charge is -2.02. The van der Waals surface area contributed by atoms with Gasteiger partial charge in [0.25, 0.3) is 0 Å². The van der Waals surface area contributed by atoms with Crippen molar-refractivity contribution in [3.05, 3.63) is 59.2 Å². The molecule has 1 aromatic carbocycles. The van der Waals surface area contributed by atoms with Crippen LogP contribution in [0.2, 0.25) is 0 Å². The van der Waals surface area contributed by atoms with E-state index < -0.39 is 10.0 Å². The molecule has 3 aromatic rings. The van der Waals surface area contributed by atoms with Gasteiger partial charge in [0.05, 0.1) is 9.60 Å². The van der Waals surface area contributed by atoms with E-state index in [1.165, 1.54) is 20.5 Å². The van der Waals surface area contributed by atoms with Crippen LogP contribution in [0.15, 0.2) is 53.7 Å². The molecule has 4 nitrogen and oxygen atoms in total. The average Bonchev–Trinajstić information content (AvgIpc) is 3.18. The Kier molecular flexibility index (Phi) is 3.07. The van der Waals surface area contributed by atoms with Crippen LogP contribution >= 0.6 is 11.3 Å². The summed E-state index contributed by atoms with van der Waals surface area (Å²) >= 11 is 1.80. The van der Waals surface area contributed by atoms with E-state index in [1.54, 1.807) is 23.5 Å². The molecule has 0 bridgehead atoms. The van der Waals surface area contributed by atoms with Gasteiger partial charge < -0.3 is 0 Å². The molecule has 2 N–H and O–H groups in total. The Morgan fingerprint density at radius 2 is 1.91 bits per heavy atom. The minimum Gasteiger partial charge on any atom is -0.263 e. The van der Waals surface area contributed by atoms with Crippen molar-refractivity contribution >= 4 is 31.4 Å². The average molecular weight is 330 g/mol. The molecule has 0 spiro atoms. The number of rotatable bonds is 3. The summed E-state index contributed by atoms with van der Waals surface area (Å²) in [6, 6.07) is 11.2. The van der Waals surface area contributed by atoms with Crippen LogP contribution in [0, 0.1) is 0 Å². The van der Waals surface area contributed by atoms with Gasteiger partial charge in [0.2, 0.25) is 10.0 Å². The first-order chi connectivity index (χ1) is 10.5. The molecule has 0 radical (unpaired) electrons. The largest absolute Gasteiger partial charge is 0.263 e. The third-order valence-electron chi connectivity index (χ3n) is 4.13. The molecule has 1 aliphatic carbocycles. The van der Waals surface area contributed by atoms with Crippen LogP contribution in [0.3, 0.4) is 0 Å². The third-order valence-corrected chi connectivity index (χ3v) is 6.28. The van der Waals surface area contributed by atoms with Gasteiger partial charge in [-0.1, -0.05) is 12.1 Å². The molecule has 1 fully saturated rings. The summed E-state index contributed by atoms with van der Waals surface area (Å²) in [6.07, 6.45) is 4.83. The van der Waals surface area contributed by atoms with Crippen LogP contribution in [0.1, 0.15) is 28.7 Å². The van der Waals surface area contributed by atoms with Gasteiger partial charge in [-0.25, -0.2) is 13.6 Å². The number of nitrogens with zero attached hydrogens (tertiary/aromatic N) is 1. The summed E-state index contributed by atoms with van der Waals surface area (Å²) in [5.74, 6) is 0.994. The second-order valence-corrected chi connectivity index (χ2v) is 8.30. The van der Waals surface area contributed by atoms with Crippen molar-refractivity contribution in [2.45, 2.75) is 23.2 Å². The SMILES string of the molecule is NS(=O)(=O)c1ccc(C2CC2c2cc3ccncc3s2)cc1. The van der Waals surface area contributed by atoms with Gasteiger partial charge in [-0.15, -0.1) is 11.3 Å². The maximum absolute atomic E-state index is 11.3. The van der Waals surface area contributed by atoms with E-state index in [-0.39, 0.29) is 4.90 Å². The zero-order valence-corrected chi connectivity index (χ0v) is 13.3. The predicted molar refractivity (Wildman–Crippen MR) is 87.5 cm³/mol. The molecule has 2 atom stereocenters. The Morgan fingerprint density at radius 1 is 1.14 bits per heavy atom. The Morgan fingerprint density at radius 3 is 2.59 bits per heavy atom. The summed E-state index contributed by atoms with van der Waals surface area (Å²) < 4.78 is 23.8. The number of pyridine rings is 1.